The van der Waals surface area contributed by atoms with Gasteiger partial charge in [0.05, 0.1) is 23.5 Å². The van der Waals surface area contributed by atoms with Gasteiger partial charge in [-0.1, -0.05) is 42.5 Å². The molecule has 0 bridgehead atoms. The summed E-state index contributed by atoms with van der Waals surface area (Å²) >= 11 is 1.49. The lowest BCUT2D eigenvalue weighted by Crippen LogP contribution is -2.43. The highest BCUT2D eigenvalue weighted by molar-refractivity contribution is 7.89. The molecule has 1 amide bonds. The summed E-state index contributed by atoms with van der Waals surface area (Å²) in [5, 5.41) is 1.90. The Morgan fingerprint density at radius 3 is 2.32 bits per heavy atom. The SMILES string of the molecule is O=C(CN(C1CC1)S(=O)(=O)c1cccc(C(F)(F)F)c1)N(Cc1ccccc1)Cc1cccs1. The van der Waals surface area contributed by atoms with Crippen molar-refractivity contribution >= 4 is 27.3 Å². The van der Waals surface area contributed by atoms with Gasteiger partial charge in [0, 0.05) is 17.5 Å². The third-order valence-electron chi connectivity index (χ3n) is 5.51. The molecule has 0 radical (unpaired) electrons. The number of nitrogens with zero attached hydrogens (tertiary/aromatic N) is 2. The molecule has 2 aromatic carbocycles. The molecule has 1 aromatic heterocycles. The van der Waals surface area contributed by atoms with Gasteiger partial charge in [0.15, 0.2) is 0 Å². The maximum atomic E-state index is 13.4. The normalized spacial score (nSPS) is 14.4. The zero-order valence-electron chi connectivity index (χ0n) is 18.1. The molecule has 1 heterocycles. The monoisotopic (exact) mass is 508 g/mol. The number of thiophene rings is 1. The molecule has 0 saturated heterocycles. The highest BCUT2D eigenvalue weighted by Crippen LogP contribution is 2.35. The number of sulfonamides is 1. The zero-order chi connectivity index (χ0) is 24.3. The van der Waals surface area contributed by atoms with Crippen LogP contribution in [0.15, 0.2) is 77.0 Å². The summed E-state index contributed by atoms with van der Waals surface area (Å²) in [4.78, 5) is 15.4. The van der Waals surface area contributed by atoms with Gasteiger partial charge in [0.1, 0.15) is 0 Å². The summed E-state index contributed by atoms with van der Waals surface area (Å²) in [6, 6.07) is 16.4. The number of hydrogen-bond acceptors (Lipinski definition) is 4. The van der Waals surface area contributed by atoms with Crippen molar-refractivity contribution in [1.82, 2.24) is 9.21 Å². The summed E-state index contributed by atoms with van der Waals surface area (Å²) in [6.07, 6.45) is -3.54. The summed E-state index contributed by atoms with van der Waals surface area (Å²) < 4.78 is 67.2. The van der Waals surface area contributed by atoms with Crippen LogP contribution < -0.4 is 0 Å². The van der Waals surface area contributed by atoms with Crippen LogP contribution in [-0.2, 0) is 34.1 Å². The van der Waals surface area contributed by atoms with Crippen LogP contribution in [0.5, 0.6) is 0 Å². The first-order chi connectivity index (χ1) is 16.1. The van der Waals surface area contributed by atoms with Crippen LogP contribution in [0.3, 0.4) is 0 Å². The van der Waals surface area contributed by atoms with E-state index >= 15 is 0 Å². The summed E-state index contributed by atoms with van der Waals surface area (Å²) in [7, 11) is -4.30. The fraction of sp³-hybridized carbons (Fsp3) is 0.292. The fourth-order valence-corrected chi connectivity index (χ4v) is 6.00. The van der Waals surface area contributed by atoms with E-state index in [2.05, 4.69) is 0 Å². The van der Waals surface area contributed by atoms with Crippen molar-refractivity contribution in [3.8, 4) is 0 Å². The molecule has 1 fully saturated rings. The summed E-state index contributed by atoms with van der Waals surface area (Å²) in [5.41, 5.74) is -0.148. The van der Waals surface area contributed by atoms with Gasteiger partial charge in [-0.3, -0.25) is 4.79 Å². The van der Waals surface area contributed by atoms with Gasteiger partial charge in [-0.2, -0.15) is 17.5 Å². The average molecular weight is 509 g/mol. The van der Waals surface area contributed by atoms with Crippen LogP contribution in [-0.4, -0.2) is 36.1 Å². The van der Waals surface area contributed by atoms with Crippen molar-refractivity contribution in [2.24, 2.45) is 0 Å². The minimum Gasteiger partial charge on any atom is -0.332 e. The van der Waals surface area contributed by atoms with Crippen LogP contribution in [0.1, 0.15) is 28.8 Å². The van der Waals surface area contributed by atoms with E-state index in [-0.39, 0.29) is 0 Å². The number of benzene rings is 2. The second-order valence-electron chi connectivity index (χ2n) is 8.12. The number of amides is 1. The largest absolute Gasteiger partial charge is 0.416 e. The molecule has 1 aliphatic rings. The van der Waals surface area contributed by atoms with Crippen molar-refractivity contribution in [1.29, 1.82) is 0 Å². The number of hydrogen-bond donors (Lipinski definition) is 0. The number of carbonyl (C=O) groups excluding carboxylic acids is 1. The van der Waals surface area contributed by atoms with E-state index in [1.54, 1.807) is 4.90 Å². The predicted molar refractivity (Wildman–Crippen MR) is 123 cm³/mol. The van der Waals surface area contributed by atoms with E-state index in [9.17, 15) is 26.4 Å². The Bertz CT molecular complexity index is 1230. The second-order valence-corrected chi connectivity index (χ2v) is 11.0. The molecule has 0 spiro atoms. The van der Waals surface area contributed by atoms with E-state index in [0.717, 1.165) is 32.9 Å². The van der Waals surface area contributed by atoms with E-state index in [0.29, 0.717) is 32.0 Å². The molecule has 5 nitrogen and oxygen atoms in total. The van der Waals surface area contributed by atoms with Crippen molar-refractivity contribution in [3.63, 3.8) is 0 Å². The molecule has 0 N–H and O–H groups in total. The molecule has 0 atom stereocenters. The van der Waals surface area contributed by atoms with E-state index < -0.39 is 45.2 Å². The zero-order valence-corrected chi connectivity index (χ0v) is 19.7. The maximum absolute atomic E-state index is 13.4. The van der Waals surface area contributed by atoms with Gasteiger partial charge < -0.3 is 4.90 Å². The second kappa shape index (κ2) is 9.89. The molecule has 34 heavy (non-hydrogen) atoms. The average Bonchev–Trinajstić information content (AvgIpc) is 3.52. The third kappa shape index (κ3) is 5.86. The van der Waals surface area contributed by atoms with Gasteiger partial charge in [0.2, 0.25) is 15.9 Å². The van der Waals surface area contributed by atoms with Crippen molar-refractivity contribution in [2.75, 3.05) is 6.54 Å². The first-order valence-electron chi connectivity index (χ1n) is 10.7. The van der Waals surface area contributed by atoms with Gasteiger partial charge in [-0.05, 0) is 48.1 Å². The summed E-state index contributed by atoms with van der Waals surface area (Å²) in [6.45, 7) is 0.175. The molecule has 0 unspecified atom stereocenters. The third-order valence-corrected chi connectivity index (χ3v) is 8.26. The number of halogens is 3. The molecule has 10 heteroatoms. The summed E-state index contributed by atoms with van der Waals surface area (Å²) in [5.74, 6) is -0.403. The van der Waals surface area contributed by atoms with E-state index in [4.69, 9.17) is 0 Å². The minimum atomic E-state index is -4.67. The first kappa shape index (κ1) is 24.4. The van der Waals surface area contributed by atoms with Gasteiger partial charge in [-0.15, -0.1) is 11.3 Å². The van der Waals surface area contributed by atoms with Gasteiger partial charge in [0.25, 0.3) is 0 Å². The quantitative estimate of drug-likeness (QED) is 0.402. The fourth-order valence-electron chi connectivity index (χ4n) is 3.60. The van der Waals surface area contributed by atoms with Crippen molar-refractivity contribution in [2.45, 2.75) is 43.0 Å². The Morgan fingerprint density at radius 1 is 0.971 bits per heavy atom. The lowest BCUT2D eigenvalue weighted by molar-refractivity contribution is -0.137. The van der Waals surface area contributed by atoms with Crippen LogP contribution in [0.25, 0.3) is 0 Å². The number of alkyl halides is 3. The van der Waals surface area contributed by atoms with E-state index in [1.165, 1.54) is 11.3 Å². The Morgan fingerprint density at radius 2 is 1.71 bits per heavy atom. The Hall–Kier alpha value is -2.69. The Labute approximate surface area is 200 Å². The minimum absolute atomic E-state index is 0.291. The smallest absolute Gasteiger partial charge is 0.332 e. The molecule has 180 valence electrons. The lowest BCUT2D eigenvalue weighted by atomic mass is 10.2. The maximum Gasteiger partial charge on any atom is 0.416 e. The Kier molecular flexibility index (Phi) is 7.11. The standard InChI is InChI=1S/C24H23F3N2O3S2/c25-24(26,27)19-8-4-10-22(14-19)34(31,32)29(20-11-12-20)17-23(30)28(16-21-9-5-13-33-21)15-18-6-2-1-3-7-18/h1-10,13-14,20H,11-12,15-17H2. The molecule has 3 aromatic rings. The molecule has 1 aliphatic carbocycles. The predicted octanol–water partition coefficient (Wildman–Crippen LogP) is 5.15. The van der Waals surface area contributed by atoms with Gasteiger partial charge in [-0.25, -0.2) is 8.42 Å². The van der Waals surface area contributed by atoms with Crippen LogP contribution in [0.2, 0.25) is 0 Å². The first-order valence-corrected chi connectivity index (χ1v) is 13.0. The Balaban J connectivity index is 1.59. The highest BCUT2D eigenvalue weighted by Gasteiger charge is 2.41. The lowest BCUT2D eigenvalue weighted by Gasteiger charge is -2.27. The molecule has 0 aliphatic heterocycles. The van der Waals surface area contributed by atoms with E-state index in [1.807, 2.05) is 47.8 Å². The van der Waals surface area contributed by atoms with Crippen molar-refractivity contribution in [3.05, 3.63) is 88.1 Å². The highest BCUT2D eigenvalue weighted by atomic mass is 32.2. The number of rotatable bonds is 9. The molecular weight excluding hydrogens is 485 g/mol. The van der Waals surface area contributed by atoms with Crippen LogP contribution in [0.4, 0.5) is 13.2 Å². The molecule has 4 rings (SSSR count). The topological polar surface area (TPSA) is 57.7 Å². The molecule has 1 saturated carbocycles. The molecular formula is C24H23F3N2O3S2. The van der Waals surface area contributed by atoms with Crippen molar-refractivity contribution < 1.29 is 26.4 Å². The van der Waals surface area contributed by atoms with Crippen LogP contribution in [0, 0.1) is 0 Å². The number of carbonyl (C=O) groups is 1. The van der Waals surface area contributed by atoms with Gasteiger partial charge >= 0.3 is 6.18 Å². The van der Waals surface area contributed by atoms with Crippen LogP contribution >= 0.6 is 11.3 Å².